The molecule has 1 unspecified atom stereocenters. The van der Waals surface area contributed by atoms with Crippen molar-refractivity contribution in [3.8, 4) is 0 Å². The quantitative estimate of drug-likeness (QED) is 0.714. The van der Waals surface area contributed by atoms with Crippen LogP contribution < -0.4 is 0 Å². The molecule has 0 saturated heterocycles. The van der Waals surface area contributed by atoms with Gasteiger partial charge in [-0.2, -0.15) is 9.59 Å². The summed E-state index contributed by atoms with van der Waals surface area (Å²) in [6, 6.07) is 10.4. The number of thioether (sulfide) groups is 1. The Balaban J connectivity index is 0.000000758. The van der Waals surface area contributed by atoms with Crippen LogP contribution in [0.2, 0.25) is 0 Å². The first-order valence-corrected chi connectivity index (χ1v) is 10.3. The molecule has 4 heteroatoms. The Hall–Kier alpha value is -1.35. The van der Waals surface area contributed by atoms with E-state index in [4.69, 9.17) is 9.59 Å². The summed E-state index contributed by atoms with van der Waals surface area (Å²) >= 11 is 1.71. The maximum atomic E-state index is 11.5. The van der Waals surface area contributed by atoms with Gasteiger partial charge in [0.1, 0.15) is 0 Å². The first-order valence-electron chi connectivity index (χ1n) is 9.40. The van der Waals surface area contributed by atoms with Crippen molar-refractivity contribution in [2.24, 2.45) is 16.7 Å². The molecule has 0 radical (unpaired) electrons. The Labute approximate surface area is 161 Å². The van der Waals surface area contributed by atoms with Gasteiger partial charge >= 0.3 is 6.15 Å². The second-order valence-corrected chi connectivity index (χ2v) is 9.42. The van der Waals surface area contributed by atoms with Crippen LogP contribution >= 0.6 is 11.8 Å². The van der Waals surface area contributed by atoms with Crippen LogP contribution in [0.25, 0.3) is 0 Å². The lowest BCUT2D eigenvalue weighted by Crippen LogP contribution is -2.58. The third-order valence-electron chi connectivity index (χ3n) is 6.56. The molecular weight excluding hydrogens is 344 g/mol. The Morgan fingerprint density at radius 3 is 2.38 bits per heavy atom. The minimum atomic E-state index is -0.657. The number of benzene rings is 1. The zero-order valence-electron chi connectivity index (χ0n) is 16.0. The third kappa shape index (κ3) is 4.31. The monoisotopic (exact) mass is 374 g/mol. The summed E-state index contributed by atoms with van der Waals surface area (Å²) in [6.45, 7) is 7.15. The average Bonchev–Trinajstić information content (AvgIpc) is 2.58. The van der Waals surface area contributed by atoms with Crippen LogP contribution in [0.1, 0.15) is 59.3 Å². The van der Waals surface area contributed by atoms with Crippen LogP contribution in [-0.4, -0.2) is 16.9 Å². The number of carbonyl (C=O) groups excluding carboxylic acids is 2. The molecule has 2 aliphatic rings. The second-order valence-electron chi connectivity index (χ2n) is 8.45. The minimum absolute atomic E-state index is 0.0146. The van der Waals surface area contributed by atoms with Crippen LogP contribution in [0.3, 0.4) is 0 Å². The summed E-state index contributed by atoms with van der Waals surface area (Å²) in [5.74, 6) is 0.619. The Kier molecular flexibility index (Phi) is 6.90. The van der Waals surface area contributed by atoms with E-state index in [-0.39, 0.29) is 11.6 Å². The Morgan fingerprint density at radius 2 is 1.73 bits per heavy atom. The van der Waals surface area contributed by atoms with Gasteiger partial charge in [0.25, 0.3) is 0 Å². The van der Waals surface area contributed by atoms with Gasteiger partial charge in [-0.25, -0.2) is 0 Å². The molecule has 2 aliphatic carbocycles. The summed E-state index contributed by atoms with van der Waals surface area (Å²) < 4.78 is 0. The molecule has 3 rings (SSSR count). The lowest BCUT2D eigenvalue weighted by atomic mass is 9.47. The topological polar surface area (TPSA) is 54.4 Å². The predicted octanol–water partition coefficient (Wildman–Crippen LogP) is 5.46. The van der Waals surface area contributed by atoms with Crippen molar-refractivity contribution in [2.45, 2.75) is 69.8 Å². The molecular formula is C22H30O3S. The fourth-order valence-corrected chi connectivity index (χ4v) is 5.97. The molecule has 3 nitrogen and oxygen atoms in total. The zero-order valence-corrected chi connectivity index (χ0v) is 16.8. The summed E-state index contributed by atoms with van der Waals surface area (Å²) in [7, 11) is 0. The SMILES string of the molecule is CC1(C)CCC[C@]2(C)[C@@H]1CCCC2(O)/C=C/Sc1ccccc1.O=C=O. The van der Waals surface area contributed by atoms with Crippen LogP contribution in [-0.2, 0) is 9.59 Å². The largest absolute Gasteiger partial charge is 0.385 e. The van der Waals surface area contributed by atoms with Crippen LogP contribution in [0.5, 0.6) is 0 Å². The molecule has 142 valence electrons. The van der Waals surface area contributed by atoms with Crippen molar-refractivity contribution in [2.75, 3.05) is 0 Å². The molecule has 0 heterocycles. The van der Waals surface area contributed by atoms with E-state index in [0.717, 1.165) is 19.3 Å². The fourth-order valence-electron chi connectivity index (χ4n) is 5.21. The number of fused-ring (bicyclic) bond motifs is 1. The predicted molar refractivity (Wildman–Crippen MR) is 104 cm³/mol. The number of hydrogen-bond donors (Lipinski definition) is 1. The Bertz CT molecular complexity index is 649. The lowest BCUT2D eigenvalue weighted by molar-refractivity contribution is -0.191. The normalized spacial score (nSPS) is 32.8. The van der Waals surface area contributed by atoms with Crippen LogP contribution in [0.4, 0.5) is 0 Å². The molecule has 1 aromatic rings. The maximum absolute atomic E-state index is 11.5. The van der Waals surface area contributed by atoms with E-state index in [1.807, 2.05) is 6.07 Å². The summed E-state index contributed by atoms with van der Waals surface area (Å²) in [5, 5.41) is 13.7. The van der Waals surface area contributed by atoms with Gasteiger partial charge in [0.2, 0.25) is 0 Å². The molecule has 1 N–H and O–H groups in total. The van der Waals surface area contributed by atoms with E-state index < -0.39 is 5.60 Å². The fraction of sp³-hybridized carbons (Fsp3) is 0.591. The highest BCUT2D eigenvalue weighted by atomic mass is 32.2. The number of rotatable bonds is 3. The van der Waals surface area contributed by atoms with Gasteiger partial charge < -0.3 is 5.11 Å². The minimum Gasteiger partial charge on any atom is -0.385 e. The zero-order chi connectivity index (χ0) is 19.3. The van der Waals surface area contributed by atoms with E-state index in [1.54, 1.807) is 11.8 Å². The summed E-state index contributed by atoms with van der Waals surface area (Å²) in [5.41, 5.74) is -0.294. The van der Waals surface area contributed by atoms with Gasteiger partial charge in [-0.05, 0) is 67.1 Å². The first-order chi connectivity index (χ1) is 12.3. The molecule has 0 bridgehead atoms. The van der Waals surface area contributed by atoms with E-state index in [0.29, 0.717) is 11.3 Å². The van der Waals surface area contributed by atoms with Gasteiger partial charge in [-0.3, -0.25) is 0 Å². The second kappa shape index (κ2) is 8.56. The van der Waals surface area contributed by atoms with Crippen molar-refractivity contribution >= 4 is 17.9 Å². The van der Waals surface area contributed by atoms with Gasteiger partial charge in [0.15, 0.2) is 0 Å². The van der Waals surface area contributed by atoms with Crippen molar-refractivity contribution < 1.29 is 14.7 Å². The number of hydrogen-bond acceptors (Lipinski definition) is 4. The molecule has 0 aromatic heterocycles. The highest BCUT2D eigenvalue weighted by Gasteiger charge is 2.57. The van der Waals surface area contributed by atoms with Crippen molar-refractivity contribution in [1.29, 1.82) is 0 Å². The first kappa shape index (κ1) is 21.0. The highest BCUT2D eigenvalue weighted by molar-refractivity contribution is 8.02. The lowest BCUT2D eigenvalue weighted by Gasteiger charge is -2.60. The standard InChI is InChI=1S/C21H30OS.CO2/c1-19(2)12-8-13-20(3)18(19)11-7-14-21(20,22)15-16-23-17-9-5-4-6-10-17;2-1-3/h4-6,9-10,15-16,18,22H,7-8,11-14H2,1-3H3;/b16-15+;/t18-,20-,21?;/m1./s1. The smallest absolute Gasteiger partial charge is 0.373 e. The molecule has 0 spiro atoms. The van der Waals surface area contributed by atoms with Crippen molar-refractivity contribution in [3.63, 3.8) is 0 Å². The van der Waals surface area contributed by atoms with Crippen molar-refractivity contribution in [3.05, 3.63) is 41.8 Å². The maximum Gasteiger partial charge on any atom is 0.373 e. The van der Waals surface area contributed by atoms with Crippen molar-refractivity contribution in [1.82, 2.24) is 0 Å². The van der Waals surface area contributed by atoms with Gasteiger partial charge in [0.05, 0.1) is 5.60 Å². The van der Waals surface area contributed by atoms with E-state index >= 15 is 0 Å². The van der Waals surface area contributed by atoms with Gasteiger partial charge in [0, 0.05) is 10.3 Å². The molecule has 26 heavy (non-hydrogen) atoms. The van der Waals surface area contributed by atoms with E-state index in [2.05, 4.69) is 56.5 Å². The van der Waals surface area contributed by atoms with E-state index in [1.165, 1.54) is 24.2 Å². The Morgan fingerprint density at radius 1 is 1.08 bits per heavy atom. The summed E-state index contributed by atoms with van der Waals surface area (Å²) in [4.78, 5) is 17.5. The average molecular weight is 375 g/mol. The summed E-state index contributed by atoms with van der Waals surface area (Å²) in [6.07, 6.45) is 9.36. The molecule has 1 aromatic carbocycles. The van der Waals surface area contributed by atoms with Crippen LogP contribution in [0.15, 0.2) is 46.7 Å². The third-order valence-corrected chi connectivity index (χ3v) is 7.38. The molecule has 3 atom stereocenters. The van der Waals surface area contributed by atoms with E-state index in [9.17, 15) is 5.11 Å². The highest BCUT2D eigenvalue weighted by Crippen LogP contribution is 2.61. The molecule has 2 fully saturated rings. The van der Waals surface area contributed by atoms with Gasteiger partial charge in [-0.1, -0.05) is 57.2 Å². The number of aliphatic hydroxyl groups is 1. The molecule has 2 saturated carbocycles. The molecule has 0 aliphatic heterocycles. The molecule has 0 amide bonds. The van der Waals surface area contributed by atoms with Gasteiger partial charge in [-0.15, -0.1) is 0 Å². The van der Waals surface area contributed by atoms with Crippen LogP contribution in [0, 0.1) is 16.7 Å².